The van der Waals surface area contributed by atoms with Crippen LogP contribution in [0.5, 0.6) is 5.75 Å². The maximum Gasteiger partial charge on any atom is 0.249 e. The zero-order valence-corrected chi connectivity index (χ0v) is 15.3. The molecule has 2 amide bonds. The van der Waals surface area contributed by atoms with Gasteiger partial charge >= 0.3 is 0 Å². The monoisotopic (exact) mass is 373 g/mol. The third-order valence-corrected chi connectivity index (χ3v) is 3.78. The molecule has 2 rings (SSSR count). The molecule has 0 radical (unpaired) electrons. The topological polar surface area (TPSA) is 79.8 Å². The lowest BCUT2D eigenvalue weighted by Crippen LogP contribution is -2.24. The molecule has 0 aliphatic carbocycles. The van der Waals surface area contributed by atoms with Gasteiger partial charge in [-0.15, -0.1) is 0 Å². The first-order valence-electron chi connectivity index (χ1n) is 8.08. The van der Waals surface area contributed by atoms with Gasteiger partial charge in [0.05, 0.1) is 12.8 Å². The molecule has 2 aromatic rings. The first-order chi connectivity index (χ1) is 12.5. The Morgan fingerprint density at radius 1 is 1.15 bits per heavy atom. The molecule has 0 atom stereocenters. The van der Waals surface area contributed by atoms with Gasteiger partial charge in [-0.25, -0.2) is 5.43 Å². The molecule has 7 heteroatoms. The minimum Gasteiger partial charge on any atom is -0.494 e. The number of ether oxygens (including phenoxy) is 1. The smallest absolute Gasteiger partial charge is 0.249 e. The van der Waals surface area contributed by atoms with Gasteiger partial charge < -0.3 is 10.1 Å². The van der Waals surface area contributed by atoms with Crippen LogP contribution in [0.25, 0.3) is 0 Å². The fourth-order valence-corrected chi connectivity index (χ4v) is 2.24. The maximum atomic E-state index is 11.9. The van der Waals surface area contributed by atoms with Crippen molar-refractivity contribution in [2.24, 2.45) is 5.10 Å². The highest BCUT2D eigenvalue weighted by Gasteiger charge is 2.09. The predicted molar refractivity (Wildman–Crippen MR) is 103 cm³/mol. The van der Waals surface area contributed by atoms with Gasteiger partial charge in [-0.3, -0.25) is 9.59 Å². The molecule has 0 aromatic heterocycles. The highest BCUT2D eigenvalue weighted by atomic mass is 35.5. The second kappa shape index (κ2) is 9.58. The molecule has 6 nitrogen and oxygen atoms in total. The van der Waals surface area contributed by atoms with Crippen LogP contribution in [0.4, 0.5) is 5.69 Å². The van der Waals surface area contributed by atoms with Crippen LogP contribution in [0, 0.1) is 6.92 Å². The number of hydrazone groups is 1. The van der Waals surface area contributed by atoms with Crippen LogP contribution in [-0.2, 0) is 9.59 Å². The average molecular weight is 374 g/mol. The molecular formula is C19H20ClN3O3. The first kappa shape index (κ1) is 19.5. The molecule has 0 heterocycles. The molecule has 0 aliphatic rings. The summed E-state index contributed by atoms with van der Waals surface area (Å²) in [4.78, 5) is 23.6. The van der Waals surface area contributed by atoms with Crippen molar-refractivity contribution in [1.82, 2.24) is 5.43 Å². The molecular weight excluding hydrogens is 354 g/mol. The van der Waals surface area contributed by atoms with Crippen molar-refractivity contribution in [3.8, 4) is 5.75 Å². The van der Waals surface area contributed by atoms with E-state index in [1.54, 1.807) is 18.2 Å². The highest BCUT2D eigenvalue weighted by molar-refractivity contribution is 6.31. The van der Waals surface area contributed by atoms with Crippen LogP contribution in [-0.4, -0.2) is 24.6 Å². The summed E-state index contributed by atoms with van der Waals surface area (Å²) in [5.74, 6) is -0.192. The maximum absolute atomic E-state index is 11.9. The van der Waals surface area contributed by atoms with Gasteiger partial charge in [-0.2, -0.15) is 5.10 Å². The van der Waals surface area contributed by atoms with Gasteiger partial charge in [0.15, 0.2) is 0 Å². The van der Waals surface area contributed by atoms with Crippen LogP contribution in [0.2, 0.25) is 5.02 Å². The number of carbonyl (C=O) groups excluding carboxylic acids is 2. The van der Waals surface area contributed by atoms with Gasteiger partial charge in [0.1, 0.15) is 12.2 Å². The number of hydrogen-bond acceptors (Lipinski definition) is 4. The van der Waals surface area contributed by atoms with E-state index in [0.29, 0.717) is 17.3 Å². The van der Waals surface area contributed by atoms with Gasteiger partial charge in [0, 0.05) is 10.7 Å². The summed E-state index contributed by atoms with van der Waals surface area (Å²) in [6.45, 7) is 4.37. The number of benzene rings is 2. The Morgan fingerprint density at radius 3 is 2.54 bits per heavy atom. The minimum atomic E-state index is -0.511. The molecule has 0 fully saturated rings. The summed E-state index contributed by atoms with van der Waals surface area (Å²) in [6, 6.07) is 12.4. The fourth-order valence-electron chi connectivity index (χ4n) is 2.06. The number of nitrogens with zero attached hydrogens (tertiary/aromatic N) is 1. The molecule has 0 saturated heterocycles. The second-order valence-electron chi connectivity index (χ2n) is 5.48. The number of halogens is 1. The Bertz CT molecular complexity index is 804. The normalized spacial score (nSPS) is 10.6. The molecule has 2 N–H and O–H groups in total. The van der Waals surface area contributed by atoms with Gasteiger partial charge in [-0.05, 0) is 61.4 Å². The summed E-state index contributed by atoms with van der Waals surface area (Å²) in [7, 11) is 0. The summed E-state index contributed by atoms with van der Waals surface area (Å²) in [5, 5.41) is 7.00. The lowest BCUT2D eigenvalue weighted by Gasteiger charge is -2.06. The van der Waals surface area contributed by atoms with Crippen molar-refractivity contribution in [2.75, 3.05) is 11.9 Å². The predicted octanol–water partition coefficient (Wildman–Crippen LogP) is 3.53. The van der Waals surface area contributed by atoms with E-state index in [1.165, 1.54) is 6.21 Å². The van der Waals surface area contributed by atoms with Gasteiger partial charge in [0.25, 0.3) is 0 Å². The highest BCUT2D eigenvalue weighted by Crippen LogP contribution is 2.20. The van der Waals surface area contributed by atoms with E-state index in [0.717, 1.165) is 16.9 Å². The van der Waals surface area contributed by atoms with Crippen LogP contribution in [0.3, 0.4) is 0 Å². The zero-order chi connectivity index (χ0) is 18.9. The Balaban J connectivity index is 1.80. The lowest BCUT2D eigenvalue weighted by molar-refractivity contribution is -0.126. The van der Waals surface area contributed by atoms with Crippen LogP contribution < -0.4 is 15.5 Å². The summed E-state index contributed by atoms with van der Waals surface area (Å²) in [6.07, 6.45) is 1.15. The largest absolute Gasteiger partial charge is 0.494 e. The lowest BCUT2D eigenvalue weighted by atomic mass is 10.2. The minimum absolute atomic E-state index is 0.341. The quantitative estimate of drug-likeness (QED) is 0.442. The second-order valence-corrected chi connectivity index (χ2v) is 5.89. The number of nitrogens with one attached hydrogen (secondary N) is 2. The van der Waals surface area contributed by atoms with Crippen LogP contribution in [0.15, 0.2) is 47.6 Å². The molecule has 0 spiro atoms. The third kappa shape index (κ3) is 6.22. The first-order valence-corrected chi connectivity index (χ1v) is 8.46. The zero-order valence-electron chi connectivity index (χ0n) is 14.6. The van der Waals surface area contributed by atoms with Crippen molar-refractivity contribution < 1.29 is 14.3 Å². The standard InChI is InChI=1S/C19H20ClN3O3/c1-3-26-16-8-5-14(6-9-16)12-21-23-19(25)11-18(24)22-15-7-4-13(2)17(20)10-15/h4-10,12H,3,11H2,1-2H3,(H,22,24)(H,23,25). The summed E-state index contributed by atoms with van der Waals surface area (Å²) < 4.78 is 5.34. The van der Waals surface area contributed by atoms with Crippen molar-refractivity contribution in [1.29, 1.82) is 0 Å². The van der Waals surface area contributed by atoms with Crippen molar-refractivity contribution in [2.45, 2.75) is 20.3 Å². The summed E-state index contributed by atoms with van der Waals surface area (Å²) in [5.41, 5.74) is 4.57. The number of amides is 2. The SMILES string of the molecule is CCOc1ccc(C=NNC(=O)CC(=O)Nc2ccc(C)c(Cl)c2)cc1. The molecule has 136 valence electrons. The third-order valence-electron chi connectivity index (χ3n) is 3.37. The van der Waals surface area contributed by atoms with Crippen molar-refractivity contribution in [3.05, 3.63) is 58.6 Å². The van der Waals surface area contributed by atoms with Gasteiger partial charge in [0.2, 0.25) is 11.8 Å². The fraction of sp³-hybridized carbons (Fsp3) is 0.211. The van der Waals surface area contributed by atoms with Crippen molar-refractivity contribution >= 4 is 35.3 Å². The number of hydrogen-bond donors (Lipinski definition) is 2. The summed E-state index contributed by atoms with van der Waals surface area (Å²) >= 11 is 6.00. The Hall–Kier alpha value is -2.86. The number of anilines is 1. The van der Waals surface area contributed by atoms with E-state index in [9.17, 15) is 9.59 Å². The Kier molecular flexibility index (Phi) is 7.17. The molecule has 0 unspecified atom stereocenters. The van der Waals surface area contributed by atoms with E-state index >= 15 is 0 Å². The number of rotatable bonds is 7. The number of carbonyl (C=O) groups is 2. The van der Waals surface area contributed by atoms with E-state index in [2.05, 4.69) is 15.8 Å². The van der Waals surface area contributed by atoms with Crippen LogP contribution >= 0.6 is 11.6 Å². The molecule has 2 aromatic carbocycles. The van der Waals surface area contributed by atoms with Crippen molar-refractivity contribution in [3.63, 3.8) is 0 Å². The molecule has 0 bridgehead atoms. The molecule has 0 aliphatic heterocycles. The molecule has 0 saturated carbocycles. The van der Waals surface area contributed by atoms with E-state index in [-0.39, 0.29) is 6.42 Å². The van der Waals surface area contributed by atoms with E-state index in [4.69, 9.17) is 16.3 Å². The van der Waals surface area contributed by atoms with E-state index in [1.807, 2.05) is 38.1 Å². The van der Waals surface area contributed by atoms with E-state index < -0.39 is 11.8 Å². The molecule has 26 heavy (non-hydrogen) atoms. The average Bonchev–Trinajstić information content (AvgIpc) is 2.60. The Labute approximate surface area is 157 Å². The number of aryl methyl sites for hydroxylation is 1. The van der Waals surface area contributed by atoms with Gasteiger partial charge in [-0.1, -0.05) is 17.7 Å². The van der Waals surface area contributed by atoms with Crippen LogP contribution in [0.1, 0.15) is 24.5 Å². The Morgan fingerprint density at radius 2 is 1.88 bits per heavy atom.